The fourth-order valence-electron chi connectivity index (χ4n) is 3.46. The molecule has 0 saturated carbocycles. The van der Waals surface area contributed by atoms with E-state index < -0.39 is 9.84 Å². The Kier molecular flexibility index (Phi) is 5.42. The normalized spacial score (nSPS) is 11.5. The first-order chi connectivity index (χ1) is 14.4. The first kappa shape index (κ1) is 19.9. The van der Waals surface area contributed by atoms with E-state index in [0.29, 0.717) is 18.8 Å². The van der Waals surface area contributed by atoms with Gasteiger partial charge in [0.05, 0.1) is 4.90 Å². The van der Waals surface area contributed by atoms with Gasteiger partial charge in [-0.2, -0.15) is 0 Å². The van der Waals surface area contributed by atoms with Crippen LogP contribution in [0.15, 0.2) is 89.8 Å². The van der Waals surface area contributed by atoms with E-state index in [2.05, 4.69) is 5.32 Å². The number of para-hydroxylation sites is 1. The summed E-state index contributed by atoms with van der Waals surface area (Å²) in [6.07, 6.45) is 1.18. The van der Waals surface area contributed by atoms with Gasteiger partial charge >= 0.3 is 0 Å². The number of aromatic nitrogens is 1. The Bertz CT molecular complexity index is 1290. The smallest absolute Gasteiger partial charge is 0.268 e. The number of sulfone groups is 1. The third kappa shape index (κ3) is 4.28. The molecule has 3 aromatic carbocycles. The zero-order valence-electron chi connectivity index (χ0n) is 16.6. The standard InChI is InChI=1S/C24H22N2O3S/c1-30(28,29)21-13-11-18(12-14-21)16-25-24(27)23-15-20-9-5-6-10-22(20)26(23)17-19-7-3-2-4-8-19/h2-15H,16-17H2,1H3,(H,25,27). The summed E-state index contributed by atoms with van der Waals surface area (Å²) in [5, 5.41) is 3.96. The van der Waals surface area contributed by atoms with Gasteiger partial charge in [-0.15, -0.1) is 0 Å². The van der Waals surface area contributed by atoms with Crippen molar-refractivity contribution in [2.75, 3.05) is 6.26 Å². The van der Waals surface area contributed by atoms with Gasteiger partial charge in [0.2, 0.25) is 0 Å². The van der Waals surface area contributed by atoms with Crippen molar-refractivity contribution < 1.29 is 13.2 Å². The molecule has 1 amide bonds. The number of nitrogens with zero attached hydrogens (tertiary/aromatic N) is 1. The van der Waals surface area contributed by atoms with Crippen molar-refractivity contribution in [3.8, 4) is 0 Å². The van der Waals surface area contributed by atoms with Crippen molar-refractivity contribution in [2.45, 2.75) is 18.0 Å². The fourth-order valence-corrected chi connectivity index (χ4v) is 4.09. The molecule has 4 rings (SSSR count). The second-order valence-corrected chi connectivity index (χ2v) is 9.27. The van der Waals surface area contributed by atoms with E-state index in [9.17, 15) is 13.2 Å². The van der Waals surface area contributed by atoms with Crippen molar-refractivity contribution in [3.63, 3.8) is 0 Å². The minimum absolute atomic E-state index is 0.172. The van der Waals surface area contributed by atoms with E-state index >= 15 is 0 Å². The molecule has 0 radical (unpaired) electrons. The molecule has 0 aliphatic rings. The predicted molar refractivity (Wildman–Crippen MR) is 118 cm³/mol. The van der Waals surface area contributed by atoms with Crippen LogP contribution in [0, 0.1) is 0 Å². The summed E-state index contributed by atoms with van der Waals surface area (Å²) in [4.78, 5) is 13.3. The summed E-state index contributed by atoms with van der Waals surface area (Å²) < 4.78 is 25.2. The Balaban J connectivity index is 1.58. The first-order valence-electron chi connectivity index (χ1n) is 9.61. The molecule has 6 heteroatoms. The number of hydrogen-bond acceptors (Lipinski definition) is 3. The SMILES string of the molecule is CS(=O)(=O)c1ccc(CNC(=O)c2cc3ccccc3n2Cc2ccccc2)cc1. The van der Waals surface area contributed by atoms with Crippen LogP contribution < -0.4 is 5.32 Å². The van der Waals surface area contributed by atoms with Crippen molar-refractivity contribution in [1.29, 1.82) is 0 Å². The average molecular weight is 419 g/mol. The van der Waals surface area contributed by atoms with Gasteiger partial charge in [-0.3, -0.25) is 4.79 Å². The molecule has 0 aliphatic heterocycles. The van der Waals surface area contributed by atoms with Gasteiger partial charge in [0.15, 0.2) is 9.84 Å². The molecule has 1 N–H and O–H groups in total. The maximum atomic E-state index is 13.0. The van der Waals surface area contributed by atoms with Crippen LogP contribution in [0.25, 0.3) is 10.9 Å². The molecule has 0 bridgehead atoms. The lowest BCUT2D eigenvalue weighted by molar-refractivity contribution is 0.0942. The van der Waals surface area contributed by atoms with E-state index in [0.717, 1.165) is 22.0 Å². The highest BCUT2D eigenvalue weighted by molar-refractivity contribution is 7.90. The highest BCUT2D eigenvalue weighted by atomic mass is 32.2. The topological polar surface area (TPSA) is 68.2 Å². The van der Waals surface area contributed by atoms with Crippen LogP contribution >= 0.6 is 0 Å². The lowest BCUT2D eigenvalue weighted by atomic mass is 10.2. The summed E-state index contributed by atoms with van der Waals surface area (Å²) in [6.45, 7) is 0.913. The summed E-state index contributed by atoms with van der Waals surface area (Å²) >= 11 is 0. The minimum atomic E-state index is -3.23. The molecule has 30 heavy (non-hydrogen) atoms. The molecule has 0 fully saturated rings. The number of carbonyl (C=O) groups excluding carboxylic acids is 1. The van der Waals surface area contributed by atoms with Gasteiger partial charge in [0.25, 0.3) is 5.91 Å². The van der Waals surface area contributed by atoms with Crippen LogP contribution in [0.3, 0.4) is 0 Å². The largest absolute Gasteiger partial charge is 0.347 e. The third-order valence-corrected chi connectivity index (χ3v) is 6.16. The average Bonchev–Trinajstić information content (AvgIpc) is 3.11. The van der Waals surface area contributed by atoms with Crippen LogP contribution in [0.5, 0.6) is 0 Å². The monoisotopic (exact) mass is 418 g/mol. The van der Waals surface area contributed by atoms with E-state index in [-0.39, 0.29) is 10.8 Å². The van der Waals surface area contributed by atoms with Crippen molar-refractivity contribution in [1.82, 2.24) is 9.88 Å². The van der Waals surface area contributed by atoms with E-state index in [4.69, 9.17) is 0 Å². The summed E-state index contributed by atoms with van der Waals surface area (Å²) in [5.74, 6) is -0.172. The number of fused-ring (bicyclic) bond motifs is 1. The van der Waals surface area contributed by atoms with Crippen molar-refractivity contribution >= 4 is 26.6 Å². The highest BCUT2D eigenvalue weighted by Gasteiger charge is 2.16. The molecule has 4 aromatic rings. The second kappa shape index (κ2) is 8.16. The number of hydrogen-bond donors (Lipinski definition) is 1. The van der Waals surface area contributed by atoms with Crippen molar-refractivity contribution in [3.05, 3.63) is 102 Å². The summed E-state index contributed by atoms with van der Waals surface area (Å²) in [6, 6.07) is 26.4. The molecule has 1 aromatic heterocycles. The number of amides is 1. The van der Waals surface area contributed by atoms with Gasteiger partial charge in [-0.25, -0.2) is 8.42 Å². The Labute approximate surface area is 175 Å². The van der Waals surface area contributed by atoms with E-state index in [1.54, 1.807) is 24.3 Å². The summed E-state index contributed by atoms with van der Waals surface area (Å²) in [5.41, 5.74) is 3.54. The highest BCUT2D eigenvalue weighted by Crippen LogP contribution is 2.21. The van der Waals surface area contributed by atoms with Crippen LogP contribution in [-0.4, -0.2) is 25.1 Å². The maximum absolute atomic E-state index is 13.0. The Morgan fingerprint density at radius 1 is 0.867 bits per heavy atom. The number of carbonyl (C=O) groups is 1. The van der Waals surface area contributed by atoms with E-state index in [1.807, 2.05) is 65.2 Å². The molecule has 5 nitrogen and oxygen atoms in total. The first-order valence-corrected chi connectivity index (χ1v) is 11.5. The predicted octanol–water partition coefficient (Wildman–Crippen LogP) is 4.02. The van der Waals surface area contributed by atoms with Crippen LogP contribution in [0.2, 0.25) is 0 Å². The minimum Gasteiger partial charge on any atom is -0.347 e. The van der Waals surface area contributed by atoms with Gasteiger partial charge in [-0.1, -0.05) is 60.7 Å². The van der Waals surface area contributed by atoms with Gasteiger partial charge < -0.3 is 9.88 Å². The van der Waals surface area contributed by atoms with Crippen LogP contribution in [0.4, 0.5) is 0 Å². The number of rotatable bonds is 6. The Morgan fingerprint density at radius 2 is 1.53 bits per heavy atom. The molecule has 0 saturated heterocycles. The molecule has 152 valence electrons. The molecule has 1 heterocycles. The molecular weight excluding hydrogens is 396 g/mol. The lowest BCUT2D eigenvalue weighted by Gasteiger charge is -2.12. The Hall–Kier alpha value is -3.38. The zero-order chi connectivity index (χ0) is 21.1. The van der Waals surface area contributed by atoms with Crippen molar-refractivity contribution in [2.24, 2.45) is 0 Å². The summed E-state index contributed by atoms with van der Waals surface area (Å²) in [7, 11) is -3.23. The second-order valence-electron chi connectivity index (χ2n) is 7.26. The van der Waals surface area contributed by atoms with Gasteiger partial charge in [0, 0.05) is 30.2 Å². The molecule has 0 unspecified atom stereocenters. The zero-order valence-corrected chi connectivity index (χ0v) is 17.4. The van der Waals surface area contributed by atoms with Gasteiger partial charge in [0.1, 0.15) is 5.69 Å². The maximum Gasteiger partial charge on any atom is 0.268 e. The fraction of sp³-hybridized carbons (Fsp3) is 0.125. The third-order valence-electron chi connectivity index (χ3n) is 5.03. The number of nitrogens with one attached hydrogen (secondary N) is 1. The van der Waals surface area contributed by atoms with E-state index in [1.165, 1.54) is 6.26 Å². The van der Waals surface area contributed by atoms with Gasteiger partial charge in [-0.05, 0) is 35.4 Å². The molecule has 0 atom stereocenters. The molecular formula is C24H22N2O3S. The quantitative estimate of drug-likeness (QED) is 0.514. The van der Waals surface area contributed by atoms with Crippen LogP contribution in [-0.2, 0) is 22.9 Å². The lowest BCUT2D eigenvalue weighted by Crippen LogP contribution is -2.25. The number of benzene rings is 3. The van der Waals surface area contributed by atoms with Crippen LogP contribution in [0.1, 0.15) is 21.6 Å². The molecule has 0 spiro atoms. The Morgan fingerprint density at radius 3 is 2.23 bits per heavy atom. The molecule has 0 aliphatic carbocycles.